The standard InChI is InChI=1S/C29H26O5.2C9H18O.C8H8O5.C4H8O.H2/c1-31-29(30)25-17-26(32-19-22-11-5-2-6-12-22)28(34-21-24-15-9-4-10-16-24)27(18-25)33-20-23-13-7-3-8-14-23;2*1-6-5-10-9(4)8(3)7(6)2;1-13-8(12)4-2-5(9)7(11)6(10)3-4;1-2-4-5-3-1;/h2-18H,19-21H2,1H3;2*6-9H,5H2,1-4H3;2-3,9-11H,1H3;1-4H2;1H/t;2*6-,7+,8?,9+;;;/m.11.../s1. The van der Waals surface area contributed by atoms with Crippen LogP contribution in [0.4, 0.5) is 0 Å². The highest BCUT2D eigenvalue weighted by Gasteiger charge is 2.30. The maximum absolute atomic E-state index is 12.4. The first kappa shape index (κ1) is 58.3. The van der Waals surface area contributed by atoms with Crippen LogP contribution in [0.15, 0.2) is 115 Å². The largest absolute Gasteiger partial charge is 0.504 e. The van der Waals surface area contributed by atoms with Gasteiger partial charge in [0, 0.05) is 27.9 Å². The van der Waals surface area contributed by atoms with E-state index in [1.807, 2.05) is 91.0 Å². The van der Waals surface area contributed by atoms with Gasteiger partial charge in [0.2, 0.25) is 5.75 Å². The van der Waals surface area contributed by atoms with Crippen LogP contribution in [-0.4, -0.2) is 80.1 Å². The molecule has 8 rings (SSSR count). The quantitative estimate of drug-likeness (QED) is 0.0845. The van der Waals surface area contributed by atoms with E-state index in [2.05, 4.69) is 60.1 Å². The number of benzene rings is 5. The number of carbonyl (C=O) groups is 2. The number of carbonyl (C=O) groups excluding carboxylic acids is 2. The number of ether oxygens (including phenoxy) is 8. The van der Waals surface area contributed by atoms with Crippen LogP contribution in [0.25, 0.3) is 0 Å². The Morgan fingerprint density at radius 3 is 1.18 bits per heavy atom. The van der Waals surface area contributed by atoms with E-state index in [-0.39, 0.29) is 6.99 Å². The first-order valence-electron chi connectivity index (χ1n) is 24.9. The summed E-state index contributed by atoms with van der Waals surface area (Å²) in [6.07, 6.45) is 3.48. The maximum atomic E-state index is 12.4. The molecule has 3 N–H and O–H groups in total. The van der Waals surface area contributed by atoms with Gasteiger partial charge in [-0.2, -0.15) is 0 Å². The van der Waals surface area contributed by atoms with Gasteiger partial charge < -0.3 is 53.2 Å². The summed E-state index contributed by atoms with van der Waals surface area (Å²) in [7, 11) is 2.51. The van der Waals surface area contributed by atoms with Gasteiger partial charge in [0.25, 0.3) is 0 Å². The van der Waals surface area contributed by atoms with Crippen molar-refractivity contribution >= 4 is 11.9 Å². The van der Waals surface area contributed by atoms with E-state index in [1.54, 1.807) is 12.1 Å². The van der Waals surface area contributed by atoms with Gasteiger partial charge in [0.15, 0.2) is 28.7 Å². The molecule has 0 bridgehead atoms. The molecule has 8 atom stereocenters. The summed E-state index contributed by atoms with van der Waals surface area (Å²) in [4.78, 5) is 23.3. The number of methoxy groups -OCH3 is 2. The number of esters is 2. The molecule has 5 aromatic rings. The minimum Gasteiger partial charge on any atom is -0.504 e. The summed E-state index contributed by atoms with van der Waals surface area (Å²) in [5.41, 5.74) is 3.28. The van der Waals surface area contributed by atoms with Crippen molar-refractivity contribution in [2.75, 3.05) is 40.6 Å². The Kier molecular flexibility index (Phi) is 24.7. The number of hydrogen-bond acceptors (Lipinski definition) is 13. The van der Waals surface area contributed by atoms with Gasteiger partial charge in [-0.1, -0.05) is 133 Å². The molecule has 13 nitrogen and oxygen atoms in total. The molecule has 0 amide bonds. The molecule has 0 saturated carbocycles. The summed E-state index contributed by atoms with van der Waals surface area (Å²) in [6, 6.07) is 34.7. The van der Waals surface area contributed by atoms with Gasteiger partial charge in [-0.15, -0.1) is 0 Å². The van der Waals surface area contributed by atoms with Crippen LogP contribution in [0.5, 0.6) is 34.5 Å². The lowest BCUT2D eigenvalue weighted by molar-refractivity contribution is -0.0662. The molecule has 0 radical (unpaired) electrons. The molecule has 0 aliphatic carbocycles. The second kappa shape index (κ2) is 30.6. The summed E-state index contributed by atoms with van der Waals surface area (Å²) >= 11 is 0. The zero-order valence-electron chi connectivity index (χ0n) is 43.9. The van der Waals surface area contributed by atoms with E-state index < -0.39 is 29.2 Å². The molecule has 0 aromatic heterocycles. The second-order valence-corrected chi connectivity index (χ2v) is 18.8. The molecule has 3 aliphatic rings. The van der Waals surface area contributed by atoms with E-state index in [4.69, 9.17) is 48.5 Å². The first-order valence-corrected chi connectivity index (χ1v) is 24.9. The topological polar surface area (TPSA) is 169 Å². The highest BCUT2D eigenvalue weighted by molar-refractivity contribution is 5.91. The minimum absolute atomic E-state index is 0. The van der Waals surface area contributed by atoms with Crippen LogP contribution < -0.4 is 14.2 Å². The van der Waals surface area contributed by atoms with Crippen molar-refractivity contribution in [2.45, 2.75) is 100 Å². The molecule has 13 heteroatoms. The smallest absolute Gasteiger partial charge is 0.338 e. The monoisotopic (exact) mass is 997 g/mol. The van der Waals surface area contributed by atoms with Gasteiger partial charge in [0.1, 0.15) is 19.8 Å². The zero-order valence-corrected chi connectivity index (χ0v) is 43.9. The van der Waals surface area contributed by atoms with Gasteiger partial charge in [-0.05, 0) is 103 Å². The van der Waals surface area contributed by atoms with E-state index in [9.17, 15) is 9.59 Å². The highest BCUT2D eigenvalue weighted by atomic mass is 16.5. The van der Waals surface area contributed by atoms with Crippen molar-refractivity contribution in [3.63, 3.8) is 0 Å². The fourth-order valence-corrected chi connectivity index (χ4v) is 7.83. The number of phenols is 3. The van der Waals surface area contributed by atoms with Gasteiger partial charge in [-0.3, -0.25) is 0 Å². The number of phenolic OH excluding ortho intramolecular Hbond substituents is 3. The lowest BCUT2D eigenvalue weighted by Crippen LogP contribution is -2.36. The van der Waals surface area contributed by atoms with Crippen molar-refractivity contribution in [3.8, 4) is 34.5 Å². The predicted molar refractivity (Wildman–Crippen MR) is 281 cm³/mol. The molecule has 3 saturated heterocycles. The van der Waals surface area contributed by atoms with E-state index in [0.29, 0.717) is 54.8 Å². The molecule has 72 heavy (non-hydrogen) atoms. The molecule has 394 valence electrons. The van der Waals surface area contributed by atoms with Crippen molar-refractivity contribution in [3.05, 3.63) is 143 Å². The van der Waals surface area contributed by atoms with Crippen LogP contribution in [0.3, 0.4) is 0 Å². The number of hydrogen-bond donors (Lipinski definition) is 3. The molecule has 3 aliphatic heterocycles. The fraction of sp³-hybridized carbons (Fsp3) is 0.458. The van der Waals surface area contributed by atoms with Crippen molar-refractivity contribution in [2.24, 2.45) is 35.5 Å². The van der Waals surface area contributed by atoms with E-state index >= 15 is 0 Å². The molecule has 2 unspecified atom stereocenters. The van der Waals surface area contributed by atoms with Gasteiger partial charge in [-0.25, -0.2) is 9.59 Å². The zero-order chi connectivity index (χ0) is 52.6. The number of rotatable bonds is 11. The third kappa shape index (κ3) is 18.7. The van der Waals surface area contributed by atoms with E-state index in [1.165, 1.54) is 27.1 Å². The molecule has 0 spiro atoms. The van der Waals surface area contributed by atoms with Crippen LogP contribution in [-0.2, 0) is 43.5 Å². The van der Waals surface area contributed by atoms with Crippen LogP contribution >= 0.6 is 0 Å². The van der Waals surface area contributed by atoms with Crippen LogP contribution in [0.2, 0.25) is 0 Å². The third-order valence-corrected chi connectivity index (χ3v) is 13.6. The Bertz CT molecular complexity index is 2190. The minimum atomic E-state index is -0.703. The summed E-state index contributed by atoms with van der Waals surface area (Å²) in [6.45, 7) is 23.0. The Balaban J connectivity index is 0.000000292. The van der Waals surface area contributed by atoms with Gasteiger partial charge >= 0.3 is 11.9 Å². The average Bonchev–Trinajstić information content (AvgIpc) is 4.01. The molecule has 3 fully saturated rings. The average molecular weight is 997 g/mol. The molecular weight excluding hydrogens is 917 g/mol. The summed E-state index contributed by atoms with van der Waals surface area (Å²) in [5.74, 6) is 2.85. The fourth-order valence-electron chi connectivity index (χ4n) is 7.83. The normalized spacial score (nSPS) is 22.0. The Morgan fingerprint density at radius 1 is 0.514 bits per heavy atom. The molecule has 3 heterocycles. The lowest BCUT2D eigenvalue weighted by atomic mass is 9.80. The number of aromatic hydroxyl groups is 3. The summed E-state index contributed by atoms with van der Waals surface area (Å²) in [5, 5.41) is 26.9. The maximum Gasteiger partial charge on any atom is 0.338 e. The first-order chi connectivity index (χ1) is 34.5. The van der Waals surface area contributed by atoms with Crippen molar-refractivity contribution in [1.29, 1.82) is 0 Å². The Labute approximate surface area is 428 Å². The Hall–Kier alpha value is -6.28. The highest BCUT2D eigenvalue weighted by Crippen LogP contribution is 2.41. The van der Waals surface area contributed by atoms with Crippen molar-refractivity contribution < 1.29 is 64.2 Å². The molecular formula is C59H80O13. The van der Waals surface area contributed by atoms with Crippen LogP contribution in [0.1, 0.15) is 107 Å². The van der Waals surface area contributed by atoms with Gasteiger partial charge in [0.05, 0.1) is 37.6 Å². The SMILES string of the molecule is C1CCOC1.CC1[C@H](C)OC[C@@H](C)[C@@H]1C.CC1[C@H](C)OC[C@@H](C)[C@@H]1C.COC(=O)c1cc(O)c(O)c(O)c1.COC(=O)c1cc(OCc2ccccc2)c(OCc2ccccc2)c(OCc2ccccc2)c1.[HH]. The van der Waals surface area contributed by atoms with Crippen molar-refractivity contribution in [1.82, 2.24) is 0 Å². The lowest BCUT2D eigenvalue weighted by Gasteiger charge is -2.36. The predicted octanol–water partition coefficient (Wildman–Crippen LogP) is 12.5. The van der Waals surface area contributed by atoms with E-state index in [0.717, 1.165) is 90.8 Å². The third-order valence-electron chi connectivity index (χ3n) is 13.6. The Morgan fingerprint density at radius 2 is 0.861 bits per heavy atom. The molecule has 5 aromatic carbocycles. The second-order valence-electron chi connectivity index (χ2n) is 18.8. The van der Waals surface area contributed by atoms with Crippen LogP contribution in [0, 0.1) is 35.5 Å². The summed E-state index contributed by atoms with van der Waals surface area (Å²) < 4.78 is 43.8.